The van der Waals surface area contributed by atoms with Crippen LogP contribution >= 0.6 is 23.2 Å². The normalized spacial score (nSPS) is 11.3. The Hall–Kier alpha value is -4.65. The zero-order chi connectivity index (χ0) is 31.9. The van der Waals surface area contributed by atoms with E-state index in [1.54, 1.807) is 30.3 Å². The Labute approximate surface area is 263 Å². The molecule has 0 aliphatic carbocycles. The maximum absolute atomic E-state index is 13.8. The van der Waals surface area contributed by atoms with Crippen molar-refractivity contribution in [3.05, 3.63) is 122 Å². The molecule has 14 heteroatoms. The molecule has 0 saturated heterocycles. The number of hydrazone groups is 1. The number of nitrogens with zero attached hydrogens (tertiary/aromatic N) is 3. The van der Waals surface area contributed by atoms with Crippen LogP contribution in [0.4, 0.5) is 11.4 Å². The summed E-state index contributed by atoms with van der Waals surface area (Å²) in [5.74, 6) is -0.0812. The highest BCUT2D eigenvalue weighted by molar-refractivity contribution is 7.92. The number of rotatable bonds is 12. The van der Waals surface area contributed by atoms with Crippen molar-refractivity contribution < 1.29 is 27.6 Å². The highest BCUT2D eigenvalue weighted by Crippen LogP contribution is 2.35. The van der Waals surface area contributed by atoms with Gasteiger partial charge in [0.05, 0.1) is 28.8 Å². The smallest absolute Gasteiger partial charge is 0.273 e. The summed E-state index contributed by atoms with van der Waals surface area (Å²) in [4.78, 5) is 23.4. The van der Waals surface area contributed by atoms with E-state index in [0.29, 0.717) is 22.9 Å². The summed E-state index contributed by atoms with van der Waals surface area (Å²) in [6.07, 6.45) is 1.38. The number of nitro benzene ring substituents is 1. The van der Waals surface area contributed by atoms with Gasteiger partial charge >= 0.3 is 0 Å². The number of carbonyl (C=O) groups is 1. The first-order valence-corrected chi connectivity index (χ1v) is 15.1. The topological polar surface area (TPSA) is 140 Å². The molecule has 0 atom stereocenters. The molecule has 0 spiro atoms. The second-order valence-electron chi connectivity index (χ2n) is 9.31. The van der Waals surface area contributed by atoms with E-state index in [0.717, 1.165) is 15.9 Å². The molecule has 4 rings (SSSR count). The van der Waals surface area contributed by atoms with Gasteiger partial charge in [-0.15, -0.1) is 0 Å². The molecule has 1 amide bonds. The zero-order valence-electron chi connectivity index (χ0n) is 23.4. The van der Waals surface area contributed by atoms with Gasteiger partial charge in [0.2, 0.25) is 0 Å². The number of hydrogen-bond donors (Lipinski definition) is 1. The number of anilines is 1. The van der Waals surface area contributed by atoms with Crippen molar-refractivity contribution in [1.82, 2.24) is 5.43 Å². The molecule has 0 bridgehead atoms. The molecular weight excluding hydrogens is 631 g/mol. The first kappa shape index (κ1) is 32.3. The van der Waals surface area contributed by atoms with Crippen molar-refractivity contribution in [2.45, 2.75) is 18.4 Å². The first-order valence-electron chi connectivity index (χ1n) is 12.9. The molecule has 0 aliphatic heterocycles. The van der Waals surface area contributed by atoms with E-state index in [9.17, 15) is 23.3 Å². The lowest BCUT2D eigenvalue weighted by molar-refractivity contribution is -0.385. The fourth-order valence-corrected chi connectivity index (χ4v) is 5.84. The minimum Gasteiger partial charge on any atom is -0.495 e. The number of hydrogen-bond acceptors (Lipinski definition) is 8. The zero-order valence-corrected chi connectivity index (χ0v) is 25.8. The van der Waals surface area contributed by atoms with Crippen molar-refractivity contribution in [2.24, 2.45) is 5.10 Å². The van der Waals surface area contributed by atoms with E-state index >= 15 is 0 Å². The van der Waals surface area contributed by atoms with Crippen LogP contribution in [0, 0.1) is 17.0 Å². The third-order valence-electron chi connectivity index (χ3n) is 6.24. The number of halogens is 2. The lowest BCUT2D eigenvalue weighted by Crippen LogP contribution is -2.39. The van der Waals surface area contributed by atoms with Crippen molar-refractivity contribution in [3.8, 4) is 11.5 Å². The number of sulfonamides is 1. The molecule has 0 unspecified atom stereocenters. The number of aryl methyl sites for hydroxylation is 1. The predicted molar refractivity (Wildman–Crippen MR) is 168 cm³/mol. The lowest BCUT2D eigenvalue weighted by Gasteiger charge is -2.25. The van der Waals surface area contributed by atoms with Gasteiger partial charge in [0.15, 0.2) is 0 Å². The highest BCUT2D eigenvalue weighted by Gasteiger charge is 2.31. The van der Waals surface area contributed by atoms with E-state index < -0.39 is 32.3 Å². The van der Waals surface area contributed by atoms with Crippen molar-refractivity contribution in [3.63, 3.8) is 0 Å². The van der Waals surface area contributed by atoms with Crippen LogP contribution in [0.3, 0.4) is 0 Å². The average molecular weight is 658 g/mol. The number of methoxy groups -OCH3 is 1. The predicted octanol–water partition coefficient (Wildman–Crippen LogP) is 6.14. The third kappa shape index (κ3) is 8.04. The van der Waals surface area contributed by atoms with Crippen LogP contribution in [0.5, 0.6) is 11.5 Å². The summed E-state index contributed by atoms with van der Waals surface area (Å²) in [7, 11) is -3.20. The summed E-state index contributed by atoms with van der Waals surface area (Å²) >= 11 is 12.2. The molecule has 0 saturated carbocycles. The molecule has 1 N–H and O–H groups in total. The van der Waals surface area contributed by atoms with Crippen molar-refractivity contribution in [2.75, 3.05) is 18.0 Å². The van der Waals surface area contributed by atoms with Crippen LogP contribution < -0.4 is 19.2 Å². The van der Waals surface area contributed by atoms with Crippen LogP contribution in [-0.4, -0.2) is 39.1 Å². The van der Waals surface area contributed by atoms with Gasteiger partial charge in [-0.1, -0.05) is 41.4 Å². The maximum atomic E-state index is 13.8. The van der Waals surface area contributed by atoms with Crippen LogP contribution in [0.1, 0.15) is 16.7 Å². The summed E-state index contributed by atoms with van der Waals surface area (Å²) in [6.45, 7) is 1.07. The molecule has 0 aliphatic rings. The van der Waals surface area contributed by atoms with Gasteiger partial charge in [0.25, 0.3) is 21.6 Å². The van der Waals surface area contributed by atoms with Gasteiger partial charge in [-0.05, 0) is 78.7 Å². The van der Waals surface area contributed by atoms with Gasteiger partial charge in [0.1, 0.15) is 24.7 Å². The van der Waals surface area contributed by atoms with Crippen LogP contribution in [0.2, 0.25) is 10.0 Å². The second-order valence-corrected chi connectivity index (χ2v) is 12.0. The molecule has 11 nitrogen and oxygen atoms in total. The molecule has 0 radical (unpaired) electrons. The van der Waals surface area contributed by atoms with Gasteiger partial charge in [-0.3, -0.25) is 19.2 Å². The van der Waals surface area contributed by atoms with E-state index in [-0.39, 0.29) is 27.7 Å². The number of carbonyl (C=O) groups excluding carboxylic acids is 1. The summed E-state index contributed by atoms with van der Waals surface area (Å²) in [6, 6.07) is 21.9. The molecule has 228 valence electrons. The molecule has 0 aromatic heterocycles. The molecular formula is C30H26Cl2N4O7S. The fraction of sp³-hybridized carbons (Fsp3) is 0.133. The standard InChI is InChI=1S/C30H26Cl2N4O7S/c1-20-6-12-26(16-27(20)36(38)39)44(40,41)35(28-15-24(32)9-13-29(28)42-2)18-30(37)34-33-17-21-7-10-25(11-8-21)43-19-22-4-3-5-23(31)14-22/h3-17H,18-19H2,1-2H3,(H,34,37)/b33-17-. The van der Waals surface area contributed by atoms with Gasteiger partial charge in [-0.2, -0.15) is 5.10 Å². The number of nitro groups is 1. The SMILES string of the molecule is COc1ccc(Cl)cc1N(CC(=O)N/N=C\c1ccc(OCc2cccc(Cl)c2)cc1)S(=O)(=O)c1ccc(C)c([N+](=O)[O-])c1. The monoisotopic (exact) mass is 656 g/mol. The lowest BCUT2D eigenvalue weighted by atomic mass is 10.2. The minimum atomic E-state index is -4.53. The molecule has 4 aromatic rings. The van der Waals surface area contributed by atoms with Crippen LogP contribution in [0.25, 0.3) is 0 Å². The van der Waals surface area contributed by atoms with Gasteiger partial charge in [0, 0.05) is 21.7 Å². The van der Waals surface area contributed by atoms with Crippen LogP contribution in [-0.2, 0) is 21.4 Å². The van der Waals surface area contributed by atoms with E-state index in [2.05, 4.69) is 10.5 Å². The van der Waals surface area contributed by atoms with Gasteiger partial charge in [-0.25, -0.2) is 13.8 Å². The minimum absolute atomic E-state index is 0.0456. The molecule has 44 heavy (non-hydrogen) atoms. The Kier molecular flexibility index (Phi) is 10.4. The Balaban J connectivity index is 1.51. The molecule has 0 fully saturated rings. The van der Waals surface area contributed by atoms with Crippen molar-refractivity contribution in [1.29, 1.82) is 0 Å². The summed E-state index contributed by atoms with van der Waals surface area (Å²) < 4.78 is 39.4. The number of benzene rings is 4. The Bertz CT molecular complexity index is 1820. The molecule has 4 aromatic carbocycles. The first-order chi connectivity index (χ1) is 21.0. The van der Waals surface area contributed by atoms with Crippen LogP contribution in [0.15, 0.2) is 94.9 Å². The number of nitrogens with one attached hydrogen (secondary N) is 1. The third-order valence-corrected chi connectivity index (χ3v) is 8.47. The van der Waals surface area contributed by atoms with E-state index in [1.807, 2.05) is 18.2 Å². The fourth-order valence-electron chi connectivity index (χ4n) is 4.02. The maximum Gasteiger partial charge on any atom is 0.273 e. The van der Waals surface area contributed by atoms with E-state index in [1.165, 1.54) is 50.6 Å². The molecule has 0 heterocycles. The highest BCUT2D eigenvalue weighted by atomic mass is 35.5. The Morgan fingerprint density at radius 3 is 2.43 bits per heavy atom. The quantitative estimate of drug-likeness (QED) is 0.110. The Morgan fingerprint density at radius 2 is 1.75 bits per heavy atom. The summed E-state index contributed by atoms with van der Waals surface area (Å²) in [5.41, 5.74) is 3.69. The largest absolute Gasteiger partial charge is 0.495 e. The second kappa shape index (κ2) is 14.2. The Morgan fingerprint density at radius 1 is 1.02 bits per heavy atom. The van der Waals surface area contributed by atoms with Crippen molar-refractivity contribution >= 4 is 56.7 Å². The average Bonchev–Trinajstić information content (AvgIpc) is 2.99. The van der Waals surface area contributed by atoms with E-state index in [4.69, 9.17) is 32.7 Å². The summed E-state index contributed by atoms with van der Waals surface area (Å²) in [5, 5.41) is 16.2. The van der Waals surface area contributed by atoms with Gasteiger partial charge < -0.3 is 9.47 Å². The number of ether oxygens (including phenoxy) is 2. The number of amides is 1.